The van der Waals surface area contributed by atoms with Gasteiger partial charge in [0.25, 0.3) is 0 Å². The molecule has 0 aromatic heterocycles. The Hall–Kier alpha value is -2.84. The first-order chi connectivity index (χ1) is 14.4. The molecule has 5 aromatic carbocycles. The van der Waals surface area contributed by atoms with E-state index in [0.717, 1.165) is 0 Å². The zero-order chi connectivity index (χ0) is 19.5. The van der Waals surface area contributed by atoms with Crippen molar-refractivity contribution in [2.75, 3.05) is 0 Å². The van der Waals surface area contributed by atoms with Gasteiger partial charge in [-0.15, -0.1) is 0 Å². The molecule has 0 unspecified atom stereocenters. The molecular weight excluding hydrogens is 455 g/mol. The molecule has 0 fully saturated rings. The van der Waals surface area contributed by atoms with E-state index in [1.165, 1.54) is 25.1 Å². The fraction of sp³-hybridized carbons (Fsp3) is 0. The van der Waals surface area contributed by atoms with E-state index in [2.05, 4.69) is 133 Å². The van der Waals surface area contributed by atoms with Crippen LogP contribution in [0.3, 0.4) is 0 Å². The number of hydrogen-bond acceptors (Lipinski definition) is 0. The van der Waals surface area contributed by atoms with E-state index in [4.69, 9.17) is 0 Å². The Kier molecular flexibility index (Phi) is 4.95. The first-order valence-electron chi connectivity index (χ1n) is 10.1. The van der Waals surface area contributed by atoms with Crippen LogP contribution in [0.5, 0.6) is 0 Å². The van der Waals surface area contributed by atoms with Gasteiger partial charge in [0.05, 0.1) is 0 Å². The number of hydrogen-bond donors (Lipinski definition) is 0. The van der Waals surface area contributed by atoms with Crippen LogP contribution in [0, 0.1) is 0 Å². The first kappa shape index (κ1) is 18.2. The molecule has 0 amide bonds. The van der Waals surface area contributed by atoms with Crippen LogP contribution in [-0.4, -0.2) is 18.4 Å². The van der Waals surface area contributed by atoms with Crippen molar-refractivity contribution in [1.29, 1.82) is 0 Å². The molecule has 0 saturated heterocycles. The Bertz CT molecular complexity index is 1130. The van der Waals surface area contributed by atoms with Gasteiger partial charge in [-0.05, 0) is 0 Å². The van der Waals surface area contributed by atoms with Crippen LogP contribution < -0.4 is 14.3 Å². The van der Waals surface area contributed by atoms with Gasteiger partial charge in [-0.3, -0.25) is 0 Å². The van der Waals surface area contributed by atoms with Crippen molar-refractivity contribution in [3.63, 3.8) is 0 Å². The van der Waals surface area contributed by atoms with Gasteiger partial charge in [0.1, 0.15) is 0 Å². The fourth-order valence-electron chi connectivity index (χ4n) is 4.58. The van der Waals surface area contributed by atoms with Crippen LogP contribution in [0.1, 0.15) is 0 Å². The van der Waals surface area contributed by atoms with Crippen molar-refractivity contribution in [3.8, 4) is 0 Å². The summed E-state index contributed by atoms with van der Waals surface area (Å²) in [5, 5.41) is 2.69. The van der Waals surface area contributed by atoms with E-state index >= 15 is 0 Å². The summed E-state index contributed by atoms with van der Waals surface area (Å²) in [6, 6.07) is 49.3. The van der Waals surface area contributed by atoms with Gasteiger partial charge in [0.2, 0.25) is 0 Å². The van der Waals surface area contributed by atoms with E-state index in [1.54, 1.807) is 0 Å². The van der Waals surface area contributed by atoms with Crippen molar-refractivity contribution < 1.29 is 0 Å². The summed E-state index contributed by atoms with van der Waals surface area (Å²) in [6.45, 7) is 0. The maximum absolute atomic E-state index is 3.52. The predicted octanol–water partition coefficient (Wildman–Crippen LogP) is 4.22. The van der Waals surface area contributed by atoms with E-state index in [9.17, 15) is 0 Å². The van der Waals surface area contributed by atoms with Crippen LogP contribution in [0.2, 0.25) is 0 Å². The third-order valence-electron chi connectivity index (χ3n) is 5.81. The molecule has 5 aromatic rings. The van der Waals surface area contributed by atoms with Gasteiger partial charge >= 0.3 is 177 Å². The molecule has 0 bridgehead atoms. The topological polar surface area (TPSA) is 0 Å². The van der Waals surface area contributed by atoms with Crippen LogP contribution in [0.15, 0.2) is 133 Å². The van der Waals surface area contributed by atoms with Crippen molar-refractivity contribution >= 4 is 43.5 Å². The van der Waals surface area contributed by atoms with Crippen LogP contribution in [-0.2, 0) is 0 Å². The van der Waals surface area contributed by atoms with E-state index in [0.29, 0.717) is 0 Å². The van der Waals surface area contributed by atoms with Gasteiger partial charge < -0.3 is 0 Å². The van der Waals surface area contributed by atoms with Crippen molar-refractivity contribution in [1.82, 2.24) is 0 Å². The van der Waals surface area contributed by atoms with Crippen LogP contribution >= 0.6 is 0 Å². The molecular formula is C28H22Sn. The second-order valence-electron chi connectivity index (χ2n) is 7.37. The predicted molar refractivity (Wildman–Crippen MR) is 128 cm³/mol. The average molecular weight is 477 g/mol. The third kappa shape index (κ3) is 3.08. The normalized spacial score (nSPS) is 11.4. The number of benzene rings is 5. The van der Waals surface area contributed by atoms with Gasteiger partial charge in [0, 0.05) is 0 Å². The first-order valence-corrected chi connectivity index (χ1v) is 15.8. The van der Waals surface area contributed by atoms with E-state index in [-0.39, 0.29) is 0 Å². The number of fused-ring (bicyclic) bond motifs is 1. The van der Waals surface area contributed by atoms with E-state index in [1.807, 2.05) is 0 Å². The summed E-state index contributed by atoms with van der Waals surface area (Å²) in [7, 11) is 0. The Balaban J connectivity index is 1.99. The SMILES string of the molecule is c1cc[c]([Sn]([c]2ccccc2)([c]2ccccc2)[c]2cccc3ccccc23)cc1. The molecule has 0 nitrogen and oxygen atoms in total. The zero-order valence-electron chi connectivity index (χ0n) is 16.2. The van der Waals surface area contributed by atoms with E-state index < -0.39 is 18.4 Å². The third-order valence-corrected chi connectivity index (χ3v) is 19.6. The molecule has 29 heavy (non-hydrogen) atoms. The van der Waals surface area contributed by atoms with Crippen molar-refractivity contribution in [3.05, 3.63) is 133 Å². The molecule has 0 aliphatic rings. The maximum atomic E-state index is 2.38. The summed E-state index contributed by atoms with van der Waals surface area (Å²) in [6.07, 6.45) is 0. The second-order valence-corrected chi connectivity index (χ2v) is 18.1. The molecule has 0 atom stereocenters. The monoisotopic (exact) mass is 478 g/mol. The average Bonchev–Trinajstić information content (AvgIpc) is 2.82. The summed E-state index contributed by atoms with van der Waals surface area (Å²) in [5.74, 6) is 0. The Morgan fingerprint density at radius 3 is 1.28 bits per heavy atom. The van der Waals surface area contributed by atoms with Gasteiger partial charge in [-0.1, -0.05) is 0 Å². The quantitative estimate of drug-likeness (QED) is 0.341. The van der Waals surface area contributed by atoms with Gasteiger partial charge in [0.15, 0.2) is 0 Å². The minimum absolute atomic E-state index is 1.31. The molecule has 0 aliphatic heterocycles. The molecule has 0 heterocycles. The zero-order valence-corrected chi connectivity index (χ0v) is 19.1. The summed E-state index contributed by atoms with van der Waals surface area (Å²) < 4.78 is 5.96. The van der Waals surface area contributed by atoms with Crippen LogP contribution in [0.4, 0.5) is 0 Å². The van der Waals surface area contributed by atoms with Crippen LogP contribution in [0.25, 0.3) is 10.8 Å². The molecule has 0 N–H and O–H groups in total. The molecule has 5 rings (SSSR count). The second kappa shape index (κ2) is 7.88. The fourth-order valence-corrected chi connectivity index (χ4v) is 18.8. The Morgan fingerprint density at radius 1 is 0.345 bits per heavy atom. The minimum atomic E-state index is -3.52. The van der Waals surface area contributed by atoms with Crippen molar-refractivity contribution in [2.45, 2.75) is 0 Å². The number of rotatable bonds is 4. The standard InChI is InChI=1S/C10H7.3C6H5.Sn/c1-2-6-10-8-4-3-7-9(10)5-1;3*1-2-4-6-5-3-1;/h1-7H;3*1-5H;. The molecule has 138 valence electrons. The molecule has 1 heteroatoms. The van der Waals surface area contributed by atoms with Crippen molar-refractivity contribution in [2.24, 2.45) is 0 Å². The molecule has 0 spiro atoms. The summed E-state index contributed by atoms with van der Waals surface area (Å²) in [5.41, 5.74) is 0. The Morgan fingerprint density at radius 2 is 0.759 bits per heavy atom. The van der Waals surface area contributed by atoms with Gasteiger partial charge in [-0.2, -0.15) is 0 Å². The molecule has 0 aliphatic carbocycles. The summed E-state index contributed by atoms with van der Waals surface area (Å²) in [4.78, 5) is 0. The summed E-state index contributed by atoms with van der Waals surface area (Å²) >= 11 is -3.52. The molecule has 0 saturated carbocycles. The molecule has 0 radical (unpaired) electrons. The Labute approximate surface area is 176 Å². The van der Waals surface area contributed by atoms with Gasteiger partial charge in [-0.25, -0.2) is 0 Å².